The van der Waals surface area contributed by atoms with Crippen LogP contribution >= 0.6 is 23.2 Å². The van der Waals surface area contributed by atoms with Crippen LogP contribution in [-0.4, -0.2) is 13.7 Å². The van der Waals surface area contributed by atoms with E-state index in [9.17, 15) is 0 Å². The summed E-state index contributed by atoms with van der Waals surface area (Å²) in [6, 6.07) is 5.60. The summed E-state index contributed by atoms with van der Waals surface area (Å²) in [5, 5.41) is 3.89. The van der Waals surface area contributed by atoms with Crippen LogP contribution in [0.4, 0.5) is 0 Å². The van der Waals surface area contributed by atoms with Crippen molar-refractivity contribution in [2.24, 2.45) is 0 Å². The molecule has 0 aliphatic heterocycles. The fourth-order valence-corrected chi connectivity index (χ4v) is 1.55. The standard InChI is InChI=1S/C11H13Cl2NO/c1-15-11-5-2-4-10(13)9(11)8-14-7-3-6-12/h2-6,14H,7-8H2,1H3/b6-3+. The van der Waals surface area contributed by atoms with Gasteiger partial charge in [0.15, 0.2) is 0 Å². The second-order valence-corrected chi connectivity index (χ2v) is 3.57. The van der Waals surface area contributed by atoms with Crippen molar-refractivity contribution in [3.63, 3.8) is 0 Å². The average Bonchev–Trinajstić information content (AvgIpc) is 2.26. The van der Waals surface area contributed by atoms with Crippen molar-refractivity contribution in [3.8, 4) is 5.75 Å². The largest absolute Gasteiger partial charge is 0.496 e. The van der Waals surface area contributed by atoms with Crippen molar-refractivity contribution in [1.82, 2.24) is 5.32 Å². The molecule has 0 unspecified atom stereocenters. The van der Waals surface area contributed by atoms with Gasteiger partial charge in [0.2, 0.25) is 0 Å². The lowest BCUT2D eigenvalue weighted by atomic mass is 10.2. The monoisotopic (exact) mass is 245 g/mol. The maximum Gasteiger partial charge on any atom is 0.124 e. The topological polar surface area (TPSA) is 21.3 Å². The molecule has 0 radical (unpaired) electrons. The Balaban J connectivity index is 2.66. The third-order valence-electron chi connectivity index (χ3n) is 1.95. The van der Waals surface area contributed by atoms with Crippen molar-refractivity contribution in [2.45, 2.75) is 6.54 Å². The first-order valence-electron chi connectivity index (χ1n) is 4.57. The van der Waals surface area contributed by atoms with Gasteiger partial charge in [0, 0.05) is 29.2 Å². The quantitative estimate of drug-likeness (QED) is 0.805. The van der Waals surface area contributed by atoms with Gasteiger partial charge in [-0.15, -0.1) is 0 Å². The molecule has 0 aliphatic carbocycles. The molecule has 2 nitrogen and oxygen atoms in total. The smallest absolute Gasteiger partial charge is 0.124 e. The van der Waals surface area contributed by atoms with E-state index in [1.165, 1.54) is 5.54 Å². The zero-order chi connectivity index (χ0) is 11.1. The summed E-state index contributed by atoms with van der Waals surface area (Å²) in [5.41, 5.74) is 2.45. The number of hydrogen-bond donors (Lipinski definition) is 1. The maximum absolute atomic E-state index is 6.06. The Bertz CT molecular complexity index is 339. The number of hydrogen-bond acceptors (Lipinski definition) is 2. The van der Waals surface area contributed by atoms with Gasteiger partial charge in [0.25, 0.3) is 0 Å². The summed E-state index contributed by atoms with van der Waals surface area (Å²) in [4.78, 5) is 0. The molecule has 0 amide bonds. The number of benzene rings is 1. The van der Waals surface area contributed by atoms with Crippen molar-refractivity contribution < 1.29 is 4.74 Å². The SMILES string of the molecule is COc1cccc(Cl)c1CNC/C=C/Cl. The summed E-state index contributed by atoms with van der Waals surface area (Å²) in [7, 11) is 1.63. The minimum absolute atomic E-state index is 0.657. The molecule has 1 aromatic carbocycles. The first-order valence-corrected chi connectivity index (χ1v) is 5.38. The molecule has 0 saturated heterocycles. The van der Waals surface area contributed by atoms with Gasteiger partial charge in [-0.05, 0) is 12.1 Å². The summed E-state index contributed by atoms with van der Waals surface area (Å²) in [5.74, 6) is 0.796. The highest BCUT2D eigenvalue weighted by Gasteiger charge is 2.05. The van der Waals surface area contributed by atoms with Crippen LogP contribution in [0.2, 0.25) is 5.02 Å². The Morgan fingerprint density at radius 3 is 2.93 bits per heavy atom. The first-order chi connectivity index (χ1) is 7.29. The van der Waals surface area contributed by atoms with Crippen molar-refractivity contribution in [1.29, 1.82) is 0 Å². The van der Waals surface area contributed by atoms with Crippen LogP contribution in [0, 0.1) is 0 Å². The second kappa shape index (κ2) is 6.72. The van der Waals surface area contributed by atoms with Gasteiger partial charge in [-0.3, -0.25) is 0 Å². The number of methoxy groups -OCH3 is 1. The molecule has 1 N–H and O–H groups in total. The average molecular weight is 246 g/mol. The molecule has 82 valence electrons. The van der Waals surface area contributed by atoms with Crippen molar-refractivity contribution in [3.05, 3.63) is 40.4 Å². The van der Waals surface area contributed by atoms with E-state index in [1.54, 1.807) is 7.11 Å². The first kappa shape index (κ1) is 12.4. The fraction of sp³-hybridized carbons (Fsp3) is 0.273. The molecular formula is C11H13Cl2NO. The Hall–Kier alpha value is -0.700. The highest BCUT2D eigenvalue weighted by Crippen LogP contribution is 2.25. The highest BCUT2D eigenvalue weighted by atomic mass is 35.5. The van der Waals surface area contributed by atoms with Crippen LogP contribution in [0.25, 0.3) is 0 Å². The predicted molar refractivity (Wildman–Crippen MR) is 64.7 cm³/mol. The molecule has 1 aromatic rings. The molecule has 1 rings (SSSR count). The number of rotatable bonds is 5. The molecule has 0 atom stereocenters. The second-order valence-electron chi connectivity index (χ2n) is 2.91. The molecule has 0 aliphatic rings. The number of nitrogens with one attached hydrogen (secondary N) is 1. The van der Waals surface area contributed by atoms with Gasteiger partial charge in [-0.1, -0.05) is 35.3 Å². The van der Waals surface area contributed by atoms with E-state index in [4.69, 9.17) is 27.9 Å². The predicted octanol–water partition coefficient (Wildman–Crippen LogP) is 3.19. The van der Waals surface area contributed by atoms with E-state index in [0.29, 0.717) is 18.1 Å². The lowest BCUT2D eigenvalue weighted by Crippen LogP contribution is -2.13. The van der Waals surface area contributed by atoms with Gasteiger partial charge >= 0.3 is 0 Å². The lowest BCUT2D eigenvalue weighted by molar-refractivity contribution is 0.408. The number of ether oxygens (including phenoxy) is 1. The van der Waals surface area contributed by atoms with E-state index in [1.807, 2.05) is 24.3 Å². The molecule has 0 bridgehead atoms. The van der Waals surface area contributed by atoms with Crippen LogP contribution in [0.5, 0.6) is 5.75 Å². The van der Waals surface area contributed by atoms with Gasteiger partial charge in [-0.2, -0.15) is 0 Å². The third-order valence-corrected chi connectivity index (χ3v) is 2.48. The summed E-state index contributed by atoms with van der Waals surface area (Å²) in [6.45, 7) is 1.36. The maximum atomic E-state index is 6.06. The van der Waals surface area contributed by atoms with Crippen LogP contribution in [0.1, 0.15) is 5.56 Å². The van der Waals surface area contributed by atoms with E-state index in [2.05, 4.69) is 5.32 Å². The summed E-state index contributed by atoms with van der Waals surface area (Å²) in [6.07, 6.45) is 1.82. The normalized spacial score (nSPS) is 10.9. The Labute approximate surface area is 99.8 Å². The Morgan fingerprint density at radius 2 is 2.27 bits per heavy atom. The van der Waals surface area contributed by atoms with E-state index >= 15 is 0 Å². The molecular weight excluding hydrogens is 233 g/mol. The van der Waals surface area contributed by atoms with Gasteiger partial charge in [0.05, 0.1) is 7.11 Å². The highest BCUT2D eigenvalue weighted by molar-refractivity contribution is 6.31. The molecule has 0 aromatic heterocycles. The fourth-order valence-electron chi connectivity index (χ4n) is 1.23. The lowest BCUT2D eigenvalue weighted by Gasteiger charge is -2.10. The summed E-state index contributed by atoms with van der Waals surface area (Å²) < 4.78 is 5.21. The molecule has 0 saturated carbocycles. The van der Waals surface area contributed by atoms with Crippen molar-refractivity contribution in [2.75, 3.05) is 13.7 Å². The van der Waals surface area contributed by atoms with Gasteiger partial charge in [-0.25, -0.2) is 0 Å². The summed E-state index contributed by atoms with van der Waals surface area (Å²) >= 11 is 11.5. The van der Waals surface area contributed by atoms with E-state index in [-0.39, 0.29) is 0 Å². The van der Waals surface area contributed by atoms with Gasteiger partial charge in [0.1, 0.15) is 5.75 Å². The minimum Gasteiger partial charge on any atom is -0.496 e. The minimum atomic E-state index is 0.657. The Kier molecular flexibility index (Phi) is 5.54. The molecule has 4 heteroatoms. The van der Waals surface area contributed by atoms with Crippen molar-refractivity contribution >= 4 is 23.2 Å². The molecule has 0 fully saturated rings. The zero-order valence-corrected chi connectivity index (χ0v) is 9.98. The van der Waals surface area contributed by atoms with Crippen LogP contribution < -0.4 is 10.1 Å². The zero-order valence-electron chi connectivity index (χ0n) is 8.47. The van der Waals surface area contributed by atoms with Crippen LogP contribution in [0.3, 0.4) is 0 Å². The van der Waals surface area contributed by atoms with Gasteiger partial charge < -0.3 is 10.1 Å². The van der Waals surface area contributed by atoms with E-state index in [0.717, 1.165) is 11.3 Å². The molecule has 0 spiro atoms. The van der Waals surface area contributed by atoms with Crippen LogP contribution in [-0.2, 0) is 6.54 Å². The third kappa shape index (κ3) is 3.74. The Morgan fingerprint density at radius 1 is 1.47 bits per heavy atom. The van der Waals surface area contributed by atoms with Crippen LogP contribution in [0.15, 0.2) is 29.8 Å². The molecule has 15 heavy (non-hydrogen) atoms. The van der Waals surface area contributed by atoms with E-state index < -0.39 is 0 Å². The number of halogens is 2. The molecule has 0 heterocycles.